The Hall–Kier alpha value is -1.05. The molecule has 68 valence electrons. The number of hydrogen-bond acceptors (Lipinski definition) is 1. The first-order valence-corrected chi connectivity index (χ1v) is 5.00. The topological polar surface area (TPSA) is 7.12 Å². The van der Waals surface area contributed by atoms with Crippen LogP contribution in [-0.4, -0.2) is 13.1 Å². The fourth-order valence-corrected chi connectivity index (χ4v) is 2.80. The van der Waals surface area contributed by atoms with Gasteiger partial charge in [-0.1, -0.05) is 0 Å². The van der Waals surface area contributed by atoms with Gasteiger partial charge in [0.15, 0.2) is 6.20 Å². The first-order valence-electron chi connectivity index (χ1n) is 5.00. The van der Waals surface area contributed by atoms with Crippen LogP contribution >= 0.6 is 0 Å². The van der Waals surface area contributed by atoms with Crippen molar-refractivity contribution in [2.75, 3.05) is 11.9 Å². The Balaban J connectivity index is 2.20. The van der Waals surface area contributed by atoms with E-state index in [9.17, 15) is 0 Å². The fraction of sp³-hybridized carbons (Fsp3) is 0.545. The summed E-state index contributed by atoms with van der Waals surface area (Å²) in [6.45, 7) is 0. The monoisotopic (exact) mass is 175 g/mol. The van der Waals surface area contributed by atoms with Crippen LogP contribution in [0.15, 0.2) is 18.3 Å². The maximum atomic E-state index is 2.45. The highest BCUT2D eigenvalue weighted by Crippen LogP contribution is 2.48. The zero-order valence-corrected chi connectivity index (χ0v) is 8.20. The zero-order chi connectivity index (χ0) is 9.00. The molecule has 13 heavy (non-hydrogen) atoms. The van der Waals surface area contributed by atoms with Crippen molar-refractivity contribution in [3.63, 3.8) is 0 Å². The van der Waals surface area contributed by atoms with E-state index in [0.29, 0.717) is 0 Å². The van der Waals surface area contributed by atoms with Gasteiger partial charge in [0.2, 0.25) is 5.69 Å². The molecule has 2 heterocycles. The van der Waals surface area contributed by atoms with E-state index in [-0.39, 0.29) is 0 Å². The molecule has 1 fully saturated rings. The van der Waals surface area contributed by atoms with Crippen LogP contribution in [0.5, 0.6) is 0 Å². The Morgan fingerprint density at radius 3 is 3.00 bits per heavy atom. The summed E-state index contributed by atoms with van der Waals surface area (Å²) in [4.78, 5) is 2.45. The molecular weight excluding hydrogens is 160 g/mol. The average Bonchev–Trinajstić information content (AvgIpc) is 2.23. The van der Waals surface area contributed by atoms with E-state index in [1.54, 1.807) is 5.69 Å². The Morgan fingerprint density at radius 1 is 1.46 bits per heavy atom. The lowest BCUT2D eigenvalue weighted by Gasteiger charge is -2.33. The van der Waals surface area contributed by atoms with Crippen LogP contribution in [0.25, 0.3) is 0 Å². The number of aryl methyl sites for hydroxylation is 1. The van der Waals surface area contributed by atoms with Crippen LogP contribution < -0.4 is 9.47 Å². The van der Waals surface area contributed by atoms with Gasteiger partial charge >= 0.3 is 0 Å². The normalized spacial score (nSPS) is 29.5. The van der Waals surface area contributed by atoms with Gasteiger partial charge in [0.25, 0.3) is 0 Å². The third kappa shape index (κ3) is 0.761. The number of aromatic nitrogens is 1. The van der Waals surface area contributed by atoms with E-state index in [1.807, 2.05) is 0 Å². The molecule has 1 aliphatic carbocycles. The molecule has 2 aliphatic rings. The van der Waals surface area contributed by atoms with Gasteiger partial charge in [-0.15, -0.1) is 0 Å². The Morgan fingerprint density at radius 2 is 2.31 bits per heavy atom. The van der Waals surface area contributed by atoms with Crippen LogP contribution in [0.4, 0.5) is 5.69 Å². The molecule has 1 aliphatic heterocycles. The summed E-state index contributed by atoms with van der Waals surface area (Å²) in [6.07, 6.45) is 4.91. The third-order valence-electron chi connectivity index (χ3n) is 3.67. The molecule has 0 amide bonds. The van der Waals surface area contributed by atoms with Gasteiger partial charge in [-0.05, 0) is 18.9 Å². The van der Waals surface area contributed by atoms with Crippen molar-refractivity contribution in [2.24, 2.45) is 7.05 Å². The van der Waals surface area contributed by atoms with Crippen molar-refractivity contribution in [3.8, 4) is 0 Å². The average molecular weight is 175 g/mol. The molecule has 2 atom stereocenters. The summed E-state index contributed by atoms with van der Waals surface area (Å²) in [6, 6.07) is 5.18. The molecule has 2 unspecified atom stereocenters. The summed E-state index contributed by atoms with van der Waals surface area (Å²) >= 11 is 0. The van der Waals surface area contributed by atoms with Crippen molar-refractivity contribution in [1.82, 2.24) is 0 Å². The van der Waals surface area contributed by atoms with Gasteiger partial charge in [-0.3, -0.25) is 0 Å². The van der Waals surface area contributed by atoms with Crippen molar-refractivity contribution in [3.05, 3.63) is 24.0 Å². The van der Waals surface area contributed by atoms with E-state index in [2.05, 4.69) is 41.9 Å². The third-order valence-corrected chi connectivity index (χ3v) is 3.67. The Kier molecular flexibility index (Phi) is 1.27. The SMILES string of the molecule is CN1c2ccc[n+](C)c2C2CCC21. The van der Waals surface area contributed by atoms with Crippen molar-refractivity contribution < 1.29 is 4.57 Å². The maximum absolute atomic E-state index is 2.45. The summed E-state index contributed by atoms with van der Waals surface area (Å²) in [5, 5.41) is 0. The lowest BCUT2D eigenvalue weighted by Crippen LogP contribution is -2.40. The van der Waals surface area contributed by atoms with E-state index >= 15 is 0 Å². The molecule has 0 N–H and O–H groups in total. The van der Waals surface area contributed by atoms with Gasteiger partial charge < -0.3 is 4.90 Å². The van der Waals surface area contributed by atoms with Crippen molar-refractivity contribution in [2.45, 2.75) is 24.8 Å². The van der Waals surface area contributed by atoms with Crippen LogP contribution in [0, 0.1) is 0 Å². The Bertz CT molecular complexity index is 359. The molecule has 0 radical (unpaired) electrons. The molecule has 2 heteroatoms. The molecule has 1 saturated carbocycles. The van der Waals surface area contributed by atoms with Gasteiger partial charge in [0, 0.05) is 19.2 Å². The maximum Gasteiger partial charge on any atom is 0.209 e. The molecule has 0 aromatic carbocycles. The molecule has 3 rings (SSSR count). The number of likely N-dealkylation sites (N-methyl/N-ethyl adjacent to an activating group) is 1. The number of fused-ring (bicyclic) bond motifs is 3. The van der Waals surface area contributed by atoms with Gasteiger partial charge in [-0.2, -0.15) is 0 Å². The summed E-state index contributed by atoms with van der Waals surface area (Å²) in [7, 11) is 4.38. The van der Waals surface area contributed by atoms with Gasteiger partial charge in [-0.25, -0.2) is 4.57 Å². The van der Waals surface area contributed by atoms with Crippen molar-refractivity contribution in [1.29, 1.82) is 0 Å². The highest BCUT2D eigenvalue weighted by Gasteiger charge is 2.48. The predicted octanol–water partition coefficient (Wildman–Crippen LogP) is 1.21. The summed E-state index contributed by atoms with van der Waals surface area (Å²) in [5.41, 5.74) is 2.98. The molecule has 1 aromatic heterocycles. The second-order valence-electron chi connectivity index (χ2n) is 4.25. The fourth-order valence-electron chi connectivity index (χ4n) is 2.80. The summed E-state index contributed by atoms with van der Waals surface area (Å²) < 4.78 is 2.29. The second kappa shape index (κ2) is 2.25. The van der Waals surface area contributed by atoms with Crippen LogP contribution in [0.3, 0.4) is 0 Å². The van der Waals surface area contributed by atoms with Crippen LogP contribution in [0.2, 0.25) is 0 Å². The lowest BCUT2D eigenvalue weighted by atomic mass is 9.79. The molecule has 2 nitrogen and oxygen atoms in total. The van der Waals surface area contributed by atoms with Gasteiger partial charge in [0.05, 0.1) is 5.92 Å². The zero-order valence-electron chi connectivity index (χ0n) is 8.20. The number of anilines is 1. The number of rotatable bonds is 0. The number of nitrogens with zero attached hydrogens (tertiary/aromatic N) is 2. The van der Waals surface area contributed by atoms with Crippen LogP contribution in [0.1, 0.15) is 24.5 Å². The number of hydrogen-bond donors (Lipinski definition) is 0. The highest BCUT2D eigenvalue weighted by atomic mass is 15.2. The quantitative estimate of drug-likeness (QED) is 0.537. The van der Waals surface area contributed by atoms with Crippen molar-refractivity contribution >= 4 is 5.69 Å². The largest absolute Gasteiger partial charge is 0.366 e. The molecule has 0 bridgehead atoms. The predicted molar refractivity (Wildman–Crippen MR) is 51.8 cm³/mol. The standard InChI is InChI=1S/C11H15N2/c1-12-7-3-4-10-11(12)8-5-6-9(8)13(10)2/h3-4,7-9H,5-6H2,1-2H3/q+1. The van der Waals surface area contributed by atoms with Crippen LogP contribution in [-0.2, 0) is 7.05 Å². The van der Waals surface area contributed by atoms with E-state index in [0.717, 1.165) is 12.0 Å². The first-order chi connectivity index (χ1) is 6.29. The minimum absolute atomic E-state index is 0.795. The summed E-state index contributed by atoms with van der Waals surface area (Å²) in [5.74, 6) is 0.811. The van der Waals surface area contributed by atoms with E-state index < -0.39 is 0 Å². The number of pyridine rings is 1. The minimum atomic E-state index is 0.795. The van der Waals surface area contributed by atoms with E-state index in [1.165, 1.54) is 18.5 Å². The molecule has 0 saturated heterocycles. The lowest BCUT2D eigenvalue weighted by molar-refractivity contribution is -0.679. The molecule has 1 aromatic rings. The Labute approximate surface area is 78.8 Å². The van der Waals surface area contributed by atoms with Gasteiger partial charge in [0.1, 0.15) is 12.7 Å². The smallest absolute Gasteiger partial charge is 0.209 e. The molecular formula is C11H15N2+. The first kappa shape index (κ1) is 7.36. The molecule has 0 spiro atoms. The second-order valence-corrected chi connectivity index (χ2v) is 4.25. The van der Waals surface area contributed by atoms with E-state index in [4.69, 9.17) is 0 Å². The minimum Gasteiger partial charge on any atom is -0.366 e. The highest BCUT2D eigenvalue weighted by molar-refractivity contribution is 5.57.